The fraction of sp³-hybridized carbons (Fsp3) is 0.300. The van der Waals surface area contributed by atoms with E-state index in [0.717, 1.165) is 10.9 Å². The zero-order valence-corrected chi connectivity index (χ0v) is 9.40. The third kappa shape index (κ3) is 2.32. The predicted molar refractivity (Wildman–Crippen MR) is 57.2 cm³/mol. The number of rotatable bonds is 3. The van der Waals surface area contributed by atoms with Crippen LogP contribution in [0.1, 0.15) is 21.5 Å². The SMILES string of the molecule is Cc1c(F)cc(CCBr)cc1C(N)=O. The molecule has 0 saturated heterocycles. The van der Waals surface area contributed by atoms with Gasteiger partial charge in [-0.1, -0.05) is 15.9 Å². The van der Waals surface area contributed by atoms with Gasteiger partial charge in [-0.05, 0) is 36.6 Å². The molecule has 0 aliphatic rings. The van der Waals surface area contributed by atoms with Crippen molar-refractivity contribution in [3.63, 3.8) is 0 Å². The van der Waals surface area contributed by atoms with Crippen LogP contribution < -0.4 is 5.73 Å². The van der Waals surface area contributed by atoms with E-state index in [4.69, 9.17) is 5.73 Å². The summed E-state index contributed by atoms with van der Waals surface area (Å²) in [6, 6.07) is 3.07. The van der Waals surface area contributed by atoms with E-state index >= 15 is 0 Å². The molecule has 0 radical (unpaired) electrons. The average molecular weight is 260 g/mol. The van der Waals surface area contributed by atoms with Crippen molar-refractivity contribution in [1.29, 1.82) is 0 Å². The molecule has 1 rings (SSSR count). The van der Waals surface area contributed by atoms with Crippen LogP contribution in [0.2, 0.25) is 0 Å². The number of hydrogen-bond donors (Lipinski definition) is 1. The van der Waals surface area contributed by atoms with Crippen molar-refractivity contribution in [2.24, 2.45) is 5.73 Å². The number of benzene rings is 1. The minimum Gasteiger partial charge on any atom is -0.366 e. The first kappa shape index (κ1) is 11.2. The molecule has 0 bridgehead atoms. The summed E-state index contributed by atoms with van der Waals surface area (Å²) in [4.78, 5) is 11.0. The van der Waals surface area contributed by atoms with Gasteiger partial charge in [0.25, 0.3) is 0 Å². The van der Waals surface area contributed by atoms with Gasteiger partial charge in [0, 0.05) is 10.9 Å². The topological polar surface area (TPSA) is 43.1 Å². The van der Waals surface area contributed by atoms with Crippen LogP contribution in [-0.2, 0) is 6.42 Å². The van der Waals surface area contributed by atoms with Gasteiger partial charge in [-0.25, -0.2) is 4.39 Å². The molecule has 2 nitrogen and oxygen atoms in total. The zero-order chi connectivity index (χ0) is 10.7. The lowest BCUT2D eigenvalue weighted by Crippen LogP contribution is -2.14. The Kier molecular flexibility index (Phi) is 3.63. The minimum atomic E-state index is -0.585. The Balaban J connectivity index is 3.21. The van der Waals surface area contributed by atoms with E-state index in [1.807, 2.05) is 0 Å². The quantitative estimate of drug-likeness (QED) is 0.831. The van der Waals surface area contributed by atoms with Crippen molar-refractivity contribution >= 4 is 21.8 Å². The first-order valence-corrected chi connectivity index (χ1v) is 5.33. The van der Waals surface area contributed by atoms with Gasteiger partial charge in [0.2, 0.25) is 5.91 Å². The van der Waals surface area contributed by atoms with Gasteiger partial charge in [-0.3, -0.25) is 4.79 Å². The Bertz CT molecular complexity index is 365. The van der Waals surface area contributed by atoms with Gasteiger partial charge in [0.1, 0.15) is 5.82 Å². The summed E-state index contributed by atoms with van der Waals surface area (Å²) in [5, 5.41) is 0.730. The molecule has 0 fully saturated rings. The van der Waals surface area contributed by atoms with Gasteiger partial charge in [0.15, 0.2) is 0 Å². The molecule has 1 amide bonds. The van der Waals surface area contributed by atoms with E-state index in [9.17, 15) is 9.18 Å². The maximum absolute atomic E-state index is 13.3. The van der Waals surface area contributed by atoms with Gasteiger partial charge in [-0.15, -0.1) is 0 Å². The number of aryl methyl sites for hydroxylation is 1. The summed E-state index contributed by atoms with van der Waals surface area (Å²) in [7, 11) is 0. The Morgan fingerprint density at radius 3 is 2.71 bits per heavy atom. The van der Waals surface area contributed by atoms with E-state index in [1.54, 1.807) is 13.0 Å². The second kappa shape index (κ2) is 4.55. The van der Waals surface area contributed by atoms with Crippen LogP contribution >= 0.6 is 15.9 Å². The van der Waals surface area contributed by atoms with Crippen LogP contribution in [-0.4, -0.2) is 11.2 Å². The van der Waals surface area contributed by atoms with Crippen LogP contribution in [0.5, 0.6) is 0 Å². The standard InChI is InChI=1S/C10H11BrFNO/c1-6-8(10(13)14)4-7(2-3-11)5-9(6)12/h4-5H,2-3H2,1H3,(H2,13,14). The highest BCUT2D eigenvalue weighted by Crippen LogP contribution is 2.16. The number of carbonyl (C=O) groups excluding carboxylic acids is 1. The lowest BCUT2D eigenvalue weighted by molar-refractivity contribution is 0.0999. The lowest BCUT2D eigenvalue weighted by atomic mass is 10.0. The molecule has 76 valence electrons. The number of alkyl halides is 1. The Labute approximate surface area is 90.4 Å². The number of amides is 1. The molecule has 0 aliphatic heterocycles. The van der Waals surface area contributed by atoms with Crippen molar-refractivity contribution < 1.29 is 9.18 Å². The van der Waals surface area contributed by atoms with Gasteiger partial charge >= 0.3 is 0 Å². The molecule has 1 aromatic carbocycles. The maximum Gasteiger partial charge on any atom is 0.249 e. The summed E-state index contributed by atoms with van der Waals surface area (Å²) in [6.45, 7) is 1.55. The Morgan fingerprint density at radius 1 is 1.57 bits per heavy atom. The van der Waals surface area contributed by atoms with E-state index in [1.165, 1.54) is 6.07 Å². The number of carbonyl (C=O) groups is 1. The number of hydrogen-bond acceptors (Lipinski definition) is 1. The zero-order valence-electron chi connectivity index (χ0n) is 7.81. The van der Waals surface area contributed by atoms with Gasteiger partial charge in [-0.2, -0.15) is 0 Å². The summed E-state index contributed by atoms with van der Waals surface area (Å²) < 4.78 is 13.3. The van der Waals surface area contributed by atoms with E-state index in [2.05, 4.69) is 15.9 Å². The molecule has 0 heterocycles. The highest BCUT2D eigenvalue weighted by atomic mass is 79.9. The van der Waals surface area contributed by atoms with Crippen molar-refractivity contribution in [1.82, 2.24) is 0 Å². The smallest absolute Gasteiger partial charge is 0.249 e. The van der Waals surface area contributed by atoms with Crippen LogP contribution in [0, 0.1) is 12.7 Å². The monoisotopic (exact) mass is 259 g/mol. The normalized spacial score (nSPS) is 10.2. The van der Waals surface area contributed by atoms with Crippen molar-refractivity contribution in [2.45, 2.75) is 13.3 Å². The molecule has 14 heavy (non-hydrogen) atoms. The number of primary amides is 1. The first-order chi connectivity index (χ1) is 6.56. The summed E-state index contributed by atoms with van der Waals surface area (Å²) in [5.41, 5.74) is 6.49. The second-order valence-electron chi connectivity index (χ2n) is 3.05. The largest absolute Gasteiger partial charge is 0.366 e. The van der Waals surface area contributed by atoms with E-state index in [0.29, 0.717) is 12.0 Å². The molecule has 0 aliphatic carbocycles. The van der Waals surface area contributed by atoms with Crippen LogP contribution in [0.4, 0.5) is 4.39 Å². The van der Waals surface area contributed by atoms with Crippen LogP contribution in [0.25, 0.3) is 0 Å². The molecule has 2 N–H and O–H groups in total. The molecule has 1 aromatic rings. The fourth-order valence-electron chi connectivity index (χ4n) is 1.24. The first-order valence-electron chi connectivity index (χ1n) is 4.21. The summed E-state index contributed by atoms with van der Waals surface area (Å²) in [6.07, 6.45) is 0.678. The Morgan fingerprint density at radius 2 is 2.21 bits per heavy atom. The highest BCUT2D eigenvalue weighted by molar-refractivity contribution is 9.09. The van der Waals surface area contributed by atoms with Crippen molar-refractivity contribution in [3.05, 3.63) is 34.6 Å². The minimum absolute atomic E-state index is 0.265. The average Bonchev–Trinajstić information content (AvgIpc) is 2.11. The molecular weight excluding hydrogens is 249 g/mol. The van der Waals surface area contributed by atoms with Crippen LogP contribution in [0.3, 0.4) is 0 Å². The molecule has 0 atom stereocenters. The van der Waals surface area contributed by atoms with Crippen molar-refractivity contribution in [3.8, 4) is 0 Å². The molecule has 0 unspecified atom stereocenters. The highest BCUT2D eigenvalue weighted by Gasteiger charge is 2.10. The van der Waals surface area contributed by atoms with Gasteiger partial charge in [0.05, 0.1) is 0 Å². The molecule has 4 heteroatoms. The third-order valence-electron chi connectivity index (χ3n) is 2.05. The van der Waals surface area contributed by atoms with E-state index in [-0.39, 0.29) is 11.4 Å². The predicted octanol–water partition coefficient (Wildman–Crippen LogP) is 2.17. The van der Waals surface area contributed by atoms with Crippen LogP contribution in [0.15, 0.2) is 12.1 Å². The molecule has 0 spiro atoms. The fourth-order valence-corrected chi connectivity index (χ4v) is 1.70. The van der Waals surface area contributed by atoms with Gasteiger partial charge < -0.3 is 5.73 Å². The molecule has 0 aromatic heterocycles. The number of halogens is 2. The molecular formula is C10H11BrFNO. The van der Waals surface area contributed by atoms with Crippen molar-refractivity contribution in [2.75, 3.05) is 5.33 Å². The molecule has 0 saturated carbocycles. The van der Waals surface area contributed by atoms with E-state index < -0.39 is 5.91 Å². The maximum atomic E-state index is 13.3. The third-order valence-corrected chi connectivity index (χ3v) is 2.45. The Hall–Kier alpha value is -0.900. The summed E-state index contributed by atoms with van der Waals surface area (Å²) in [5.74, 6) is -0.963. The number of nitrogens with two attached hydrogens (primary N) is 1. The lowest BCUT2D eigenvalue weighted by Gasteiger charge is -2.06. The summed E-state index contributed by atoms with van der Waals surface area (Å²) >= 11 is 3.25. The second-order valence-corrected chi connectivity index (χ2v) is 3.85.